The fraction of sp³-hybridized carbons (Fsp3) is 0.533. The van der Waals surface area contributed by atoms with Crippen LogP contribution in [0, 0.1) is 5.82 Å². The highest BCUT2D eigenvalue weighted by Gasteiger charge is 2.26. The van der Waals surface area contributed by atoms with Crippen molar-refractivity contribution >= 4 is 5.91 Å². The van der Waals surface area contributed by atoms with Crippen LogP contribution in [0.3, 0.4) is 0 Å². The first-order valence-electron chi connectivity index (χ1n) is 7.08. The molecule has 0 aliphatic carbocycles. The molecule has 4 nitrogen and oxygen atoms in total. The first-order chi connectivity index (χ1) is 9.70. The van der Waals surface area contributed by atoms with Crippen LogP contribution in [-0.2, 0) is 4.79 Å². The summed E-state index contributed by atoms with van der Waals surface area (Å²) in [6.45, 7) is 1.82. The first-order valence-corrected chi connectivity index (χ1v) is 7.08. The normalized spacial score (nSPS) is 18.3. The second-order valence-electron chi connectivity index (χ2n) is 5.02. The van der Waals surface area contributed by atoms with Crippen LogP contribution in [0.25, 0.3) is 0 Å². The van der Waals surface area contributed by atoms with Gasteiger partial charge in [0, 0.05) is 25.6 Å². The Bertz CT molecular complexity index is 436. The zero-order valence-corrected chi connectivity index (χ0v) is 11.6. The summed E-state index contributed by atoms with van der Waals surface area (Å²) < 4.78 is 18.2. The molecule has 0 aromatic heterocycles. The minimum atomic E-state index is -0.283. The Morgan fingerprint density at radius 1 is 1.40 bits per heavy atom. The Kier molecular flexibility index (Phi) is 5.35. The molecule has 1 heterocycles. The summed E-state index contributed by atoms with van der Waals surface area (Å²) in [5.41, 5.74) is 5.66. The van der Waals surface area contributed by atoms with Crippen molar-refractivity contribution in [3.05, 3.63) is 30.1 Å². The van der Waals surface area contributed by atoms with Crippen LogP contribution in [0.1, 0.15) is 25.7 Å². The Labute approximate surface area is 118 Å². The van der Waals surface area contributed by atoms with Gasteiger partial charge in [-0.1, -0.05) is 0 Å². The van der Waals surface area contributed by atoms with E-state index in [0.717, 1.165) is 19.4 Å². The summed E-state index contributed by atoms with van der Waals surface area (Å²) in [7, 11) is 0. The van der Waals surface area contributed by atoms with E-state index in [1.54, 1.807) is 12.1 Å². The van der Waals surface area contributed by atoms with Gasteiger partial charge in [0.25, 0.3) is 0 Å². The average Bonchev–Trinajstić information content (AvgIpc) is 2.94. The molecule has 5 heteroatoms. The third-order valence-corrected chi connectivity index (χ3v) is 3.59. The molecule has 1 fully saturated rings. The minimum Gasteiger partial charge on any atom is -0.494 e. The summed E-state index contributed by atoms with van der Waals surface area (Å²) >= 11 is 0. The largest absolute Gasteiger partial charge is 0.494 e. The second-order valence-corrected chi connectivity index (χ2v) is 5.02. The monoisotopic (exact) mass is 280 g/mol. The SMILES string of the molecule is NCC1CCCN1C(=O)CCCOc1ccc(F)cc1. The van der Waals surface area contributed by atoms with E-state index in [-0.39, 0.29) is 17.8 Å². The molecule has 2 rings (SSSR count). The number of hydrogen-bond donors (Lipinski definition) is 1. The third kappa shape index (κ3) is 3.93. The third-order valence-electron chi connectivity index (χ3n) is 3.59. The van der Waals surface area contributed by atoms with Crippen LogP contribution in [0.2, 0.25) is 0 Å². The number of benzene rings is 1. The van der Waals surface area contributed by atoms with E-state index < -0.39 is 0 Å². The van der Waals surface area contributed by atoms with Crippen LogP contribution < -0.4 is 10.5 Å². The minimum absolute atomic E-state index is 0.153. The lowest BCUT2D eigenvalue weighted by atomic mass is 10.2. The van der Waals surface area contributed by atoms with Gasteiger partial charge >= 0.3 is 0 Å². The molecule has 1 aliphatic heterocycles. The van der Waals surface area contributed by atoms with Gasteiger partial charge in [0.2, 0.25) is 5.91 Å². The van der Waals surface area contributed by atoms with Crippen molar-refractivity contribution in [1.82, 2.24) is 4.90 Å². The van der Waals surface area contributed by atoms with Crippen LogP contribution in [-0.4, -0.2) is 36.5 Å². The van der Waals surface area contributed by atoms with E-state index in [2.05, 4.69) is 0 Å². The summed E-state index contributed by atoms with van der Waals surface area (Å²) in [5.74, 6) is 0.495. The molecule has 1 aliphatic rings. The van der Waals surface area contributed by atoms with Crippen molar-refractivity contribution in [3.8, 4) is 5.75 Å². The molecular weight excluding hydrogens is 259 g/mol. The Morgan fingerprint density at radius 2 is 2.15 bits per heavy atom. The lowest BCUT2D eigenvalue weighted by Gasteiger charge is -2.23. The molecule has 1 saturated heterocycles. The van der Waals surface area contributed by atoms with Crippen molar-refractivity contribution < 1.29 is 13.9 Å². The van der Waals surface area contributed by atoms with Crippen molar-refractivity contribution in [3.63, 3.8) is 0 Å². The summed E-state index contributed by atoms with van der Waals surface area (Å²) in [6.07, 6.45) is 3.18. The molecule has 1 aromatic carbocycles. The zero-order valence-electron chi connectivity index (χ0n) is 11.6. The van der Waals surface area contributed by atoms with Gasteiger partial charge in [-0.2, -0.15) is 0 Å². The van der Waals surface area contributed by atoms with Crippen molar-refractivity contribution in [2.45, 2.75) is 31.7 Å². The van der Waals surface area contributed by atoms with Crippen molar-refractivity contribution in [2.24, 2.45) is 5.73 Å². The fourth-order valence-corrected chi connectivity index (χ4v) is 2.50. The molecule has 1 unspecified atom stereocenters. The molecule has 0 bridgehead atoms. The smallest absolute Gasteiger partial charge is 0.222 e. The van der Waals surface area contributed by atoms with Crippen LogP contribution in [0.4, 0.5) is 4.39 Å². The molecular formula is C15H21FN2O2. The zero-order chi connectivity index (χ0) is 14.4. The highest BCUT2D eigenvalue weighted by atomic mass is 19.1. The molecule has 0 spiro atoms. The lowest BCUT2D eigenvalue weighted by molar-refractivity contribution is -0.132. The van der Waals surface area contributed by atoms with E-state index >= 15 is 0 Å². The molecule has 1 amide bonds. The number of rotatable bonds is 6. The number of halogens is 1. The second kappa shape index (κ2) is 7.24. The number of carbonyl (C=O) groups excluding carboxylic acids is 1. The number of amides is 1. The average molecular weight is 280 g/mol. The van der Waals surface area contributed by atoms with Gasteiger partial charge in [-0.3, -0.25) is 4.79 Å². The maximum absolute atomic E-state index is 12.7. The molecule has 1 aromatic rings. The molecule has 2 N–H and O–H groups in total. The van der Waals surface area contributed by atoms with Crippen LogP contribution in [0.5, 0.6) is 5.75 Å². The highest BCUT2D eigenvalue weighted by Crippen LogP contribution is 2.18. The number of likely N-dealkylation sites (tertiary alicyclic amines) is 1. The quantitative estimate of drug-likeness (QED) is 0.810. The number of hydrogen-bond acceptors (Lipinski definition) is 3. The maximum Gasteiger partial charge on any atom is 0.222 e. The van der Waals surface area contributed by atoms with Crippen LogP contribution >= 0.6 is 0 Å². The summed E-state index contributed by atoms with van der Waals surface area (Å²) in [5, 5.41) is 0. The van der Waals surface area contributed by atoms with Gasteiger partial charge in [-0.05, 0) is 43.5 Å². The van der Waals surface area contributed by atoms with E-state index in [4.69, 9.17) is 10.5 Å². The number of carbonyl (C=O) groups is 1. The van der Waals surface area contributed by atoms with E-state index in [0.29, 0.717) is 31.7 Å². The first kappa shape index (κ1) is 14.8. The van der Waals surface area contributed by atoms with Gasteiger partial charge in [-0.15, -0.1) is 0 Å². The van der Waals surface area contributed by atoms with Crippen molar-refractivity contribution in [1.29, 1.82) is 0 Å². The van der Waals surface area contributed by atoms with E-state index in [9.17, 15) is 9.18 Å². The van der Waals surface area contributed by atoms with Gasteiger partial charge in [0.05, 0.1) is 6.61 Å². The van der Waals surface area contributed by atoms with E-state index in [1.807, 2.05) is 4.90 Å². The lowest BCUT2D eigenvalue weighted by Crippen LogP contribution is -2.39. The van der Waals surface area contributed by atoms with Crippen molar-refractivity contribution in [2.75, 3.05) is 19.7 Å². The van der Waals surface area contributed by atoms with E-state index in [1.165, 1.54) is 12.1 Å². The van der Waals surface area contributed by atoms with Gasteiger partial charge in [0.15, 0.2) is 0 Å². The Balaban J connectivity index is 1.68. The van der Waals surface area contributed by atoms with Crippen LogP contribution in [0.15, 0.2) is 24.3 Å². The summed E-state index contributed by atoms with van der Waals surface area (Å²) in [4.78, 5) is 13.9. The maximum atomic E-state index is 12.7. The van der Waals surface area contributed by atoms with Gasteiger partial charge in [0.1, 0.15) is 11.6 Å². The number of ether oxygens (including phenoxy) is 1. The molecule has 0 radical (unpaired) electrons. The Hall–Kier alpha value is -1.62. The molecule has 0 saturated carbocycles. The number of nitrogens with zero attached hydrogens (tertiary/aromatic N) is 1. The van der Waals surface area contributed by atoms with Gasteiger partial charge in [-0.25, -0.2) is 4.39 Å². The standard InChI is InChI=1S/C15H21FN2O2/c16-12-5-7-14(8-6-12)20-10-2-4-15(19)18-9-1-3-13(18)11-17/h5-8,13H,1-4,9-11,17H2. The highest BCUT2D eigenvalue weighted by molar-refractivity contribution is 5.76. The topological polar surface area (TPSA) is 55.6 Å². The number of nitrogens with two attached hydrogens (primary N) is 1. The predicted octanol–water partition coefficient (Wildman–Crippen LogP) is 1.93. The molecule has 110 valence electrons. The molecule has 1 atom stereocenters. The van der Waals surface area contributed by atoms with Gasteiger partial charge < -0.3 is 15.4 Å². The fourth-order valence-electron chi connectivity index (χ4n) is 2.50. The molecule has 20 heavy (non-hydrogen) atoms. The predicted molar refractivity (Wildman–Crippen MR) is 74.9 cm³/mol. The summed E-state index contributed by atoms with van der Waals surface area (Å²) in [6, 6.07) is 6.10. The Morgan fingerprint density at radius 3 is 2.85 bits per heavy atom.